The van der Waals surface area contributed by atoms with Crippen LogP contribution in [0.4, 0.5) is 0 Å². The van der Waals surface area contributed by atoms with Gasteiger partial charge in [-0.1, -0.05) is 13.3 Å². The largest absolute Gasteiger partial charge is 0.481 e. The number of Topliss-reactive ketones (excluding diaryl/α,β-unsaturated/α-hetero) is 1. The second-order valence-electron chi connectivity index (χ2n) is 6.89. The summed E-state index contributed by atoms with van der Waals surface area (Å²) in [7, 11) is 3.41. The van der Waals surface area contributed by atoms with Crippen LogP contribution in [0.15, 0.2) is 24.3 Å². The SMILES string of the molecule is CCCc1cc2cc(C(=O)C3CCC(OC)CC3)ccc2nc1OC. The zero-order valence-electron chi connectivity index (χ0n) is 15.4. The molecule has 0 radical (unpaired) electrons. The summed E-state index contributed by atoms with van der Waals surface area (Å²) >= 11 is 0. The number of carbonyl (C=O) groups excluding carboxylic acids is 1. The van der Waals surface area contributed by atoms with Crippen LogP contribution in [0.5, 0.6) is 5.88 Å². The number of aryl methyl sites for hydroxylation is 1. The quantitative estimate of drug-likeness (QED) is 0.721. The minimum atomic E-state index is 0.116. The number of benzene rings is 1. The molecule has 0 amide bonds. The molecule has 1 aromatic carbocycles. The lowest BCUT2D eigenvalue weighted by atomic mass is 9.82. The Balaban J connectivity index is 1.86. The van der Waals surface area contributed by atoms with E-state index < -0.39 is 0 Å². The molecule has 134 valence electrons. The first-order valence-electron chi connectivity index (χ1n) is 9.21. The van der Waals surface area contributed by atoms with Crippen molar-refractivity contribution in [3.63, 3.8) is 0 Å². The fourth-order valence-electron chi connectivity index (χ4n) is 3.78. The van der Waals surface area contributed by atoms with Crippen molar-refractivity contribution in [1.29, 1.82) is 0 Å². The van der Waals surface area contributed by atoms with Gasteiger partial charge in [0.1, 0.15) is 0 Å². The molecule has 2 aromatic rings. The molecule has 0 saturated heterocycles. The number of aromatic nitrogens is 1. The third kappa shape index (κ3) is 3.84. The molecule has 0 atom stereocenters. The van der Waals surface area contributed by atoms with Crippen LogP contribution in [0, 0.1) is 5.92 Å². The van der Waals surface area contributed by atoms with Gasteiger partial charge in [-0.15, -0.1) is 0 Å². The molecule has 1 aromatic heterocycles. The van der Waals surface area contributed by atoms with Crippen molar-refractivity contribution in [2.75, 3.05) is 14.2 Å². The Morgan fingerprint density at radius 3 is 2.56 bits per heavy atom. The molecule has 1 aliphatic rings. The zero-order valence-corrected chi connectivity index (χ0v) is 15.4. The monoisotopic (exact) mass is 341 g/mol. The number of nitrogens with zero attached hydrogens (tertiary/aromatic N) is 1. The molecule has 4 heteroatoms. The van der Waals surface area contributed by atoms with Crippen molar-refractivity contribution in [2.45, 2.75) is 51.6 Å². The molecule has 0 N–H and O–H groups in total. The Hall–Kier alpha value is -1.94. The molecular weight excluding hydrogens is 314 g/mol. The van der Waals surface area contributed by atoms with E-state index in [0.29, 0.717) is 12.0 Å². The van der Waals surface area contributed by atoms with Gasteiger partial charge in [0, 0.05) is 29.5 Å². The van der Waals surface area contributed by atoms with E-state index in [4.69, 9.17) is 9.47 Å². The molecule has 0 bridgehead atoms. The Morgan fingerprint density at radius 2 is 1.92 bits per heavy atom. The predicted octanol–water partition coefficient (Wildman–Crippen LogP) is 4.58. The van der Waals surface area contributed by atoms with Gasteiger partial charge in [-0.3, -0.25) is 4.79 Å². The maximum absolute atomic E-state index is 12.9. The molecule has 0 aliphatic heterocycles. The standard InChI is InChI=1S/C21H27NO3/c1-4-5-16-13-17-12-15(8-11-19(17)22-21(16)25-3)20(23)14-6-9-18(24-2)10-7-14/h8,11-14,18H,4-7,9-10H2,1-3H3. The van der Waals surface area contributed by atoms with Crippen LogP contribution in [0.25, 0.3) is 10.9 Å². The van der Waals surface area contributed by atoms with Gasteiger partial charge in [-0.2, -0.15) is 0 Å². The second kappa shape index (κ2) is 7.96. The predicted molar refractivity (Wildman–Crippen MR) is 99.4 cm³/mol. The summed E-state index contributed by atoms with van der Waals surface area (Å²) in [5.74, 6) is 1.06. The molecule has 0 spiro atoms. The van der Waals surface area contributed by atoms with Crippen molar-refractivity contribution in [3.8, 4) is 5.88 Å². The number of hydrogen-bond acceptors (Lipinski definition) is 4. The highest BCUT2D eigenvalue weighted by Gasteiger charge is 2.27. The fourth-order valence-corrected chi connectivity index (χ4v) is 3.78. The average Bonchev–Trinajstić information content (AvgIpc) is 2.66. The Bertz CT molecular complexity index is 748. The lowest BCUT2D eigenvalue weighted by molar-refractivity contribution is 0.0519. The van der Waals surface area contributed by atoms with Crippen LogP contribution in [0.1, 0.15) is 54.9 Å². The first kappa shape index (κ1) is 17.9. The number of hydrogen-bond donors (Lipinski definition) is 0. The second-order valence-corrected chi connectivity index (χ2v) is 6.89. The molecule has 1 aliphatic carbocycles. The Kier molecular flexibility index (Phi) is 5.69. The third-order valence-corrected chi connectivity index (χ3v) is 5.23. The summed E-state index contributed by atoms with van der Waals surface area (Å²) in [6, 6.07) is 7.94. The topological polar surface area (TPSA) is 48.4 Å². The van der Waals surface area contributed by atoms with Crippen molar-refractivity contribution in [3.05, 3.63) is 35.4 Å². The summed E-state index contributed by atoms with van der Waals surface area (Å²) in [6.07, 6.45) is 6.04. The number of ketones is 1. The number of carbonyl (C=O) groups is 1. The Morgan fingerprint density at radius 1 is 1.16 bits per heavy atom. The van der Waals surface area contributed by atoms with Gasteiger partial charge in [-0.25, -0.2) is 4.98 Å². The zero-order chi connectivity index (χ0) is 17.8. The van der Waals surface area contributed by atoms with Gasteiger partial charge in [0.2, 0.25) is 5.88 Å². The molecule has 1 saturated carbocycles. The van der Waals surface area contributed by atoms with Gasteiger partial charge in [0.15, 0.2) is 5.78 Å². The average molecular weight is 341 g/mol. The van der Waals surface area contributed by atoms with Crippen LogP contribution >= 0.6 is 0 Å². The molecule has 1 heterocycles. The minimum absolute atomic E-state index is 0.116. The van der Waals surface area contributed by atoms with Gasteiger partial charge in [0.05, 0.1) is 18.7 Å². The highest BCUT2D eigenvalue weighted by atomic mass is 16.5. The highest BCUT2D eigenvalue weighted by molar-refractivity contribution is 6.01. The van der Waals surface area contributed by atoms with Crippen LogP contribution < -0.4 is 4.74 Å². The van der Waals surface area contributed by atoms with E-state index in [2.05, 4.69) is 18.0 Å². The van der Waals surface area contributed by atoms with Crippen LogP contribution in [0.3, 0.4) is 0 Å². The van der Waals surface area contributed by atoms with E-state index in [1.165, 1.54) is 0 Å². The molecule has 3 rings (SSSR count). The lowest BCUT2D eigenvalue weighted by Crippen LogP contribution is -2.25. The van der Waals surface area contributed by atoms with Gasteiger partial charge in [0.25, 0.3) is 0 Å². The minimum Gasteiger partial charge on any atom is -0.481 e. The number of ether oxygens (including phenoxy) is 2. The highest BCUT2D eigenvalue weighted by Crippen LogP contribution is 2.30. The normalized spacial score (nSPS) is 20.6. The maximum Gasteiger partial charge on any atom is 0.216 e. The number of rotatable bonds is 6. The van der Waals surface area contributed by atoms with Gasteiger partial charge in [-0.05, 0) is 56.4 Å². The summed E-state index contributed by atoms with van der Waals surface area (Å²) < 4.78 is 10.8. The van der Waals surface area contributed by atoms with E-state index in [1.54, 1.807) is 14.2 Å². The lowest BCUT2D eigenvalue weighted by Gasteiger charge is -2.26. The molecule has 4 nitrogen and oxygen atoms in total. The summed E-state index contributed by atoms with van der Waals surface area (Å²) in [6.45, 7) is 2.14. The number of fused-ring (bicyclic) bond motifs is 1. The van der Waals surface area contributed by atoms with Crippen LogP contribution in [-0.4, -0.2) is 31.1 Å². The smallest absolute Gasteiger partial charge is 0.216 e. The van der Waals surface area contributed by atoms with E-state index in [1.807, 2.05) is 18.2 Å². The van der Waals surface area contributed by atoms with Crippen molar-refractivity contribution >= 4 is 16.7 Å². The van der Waals surface area contributed by atoms with Gasteiger partial charge < -0.3 is 9.47 Å². The van der Waals surface area contributed by atoms with Gasteiger partial charge >= 0.3 is 0 Å². The summed E-state index contributed by atoms with van der Waals surface area (Å²) in [5, 5.41) is 1.01. The fraction of sp³-hybridized carbons (Fsp3) is 0.524. The first-order chi connectivity index (χ1) is 12.2. The molecular formula is C21H27NO3. The third-order valence-electron chi connectivity index (χ3n) is 5.23. The van der Waals surface area contributed by atoms with Crippen LogP contribution in [0.2, 0.25) is 0 Å². The van der Waals surface area contributed by atoms with Crippen molar-refractivity contribution in [2.24, 2.45) is 5.92 Å². The number of methoxy groups -OCH3 is 2. The van der Waals surface area contributed by atoms with E-state index >= 15 is 0 Å². The molecule has 0 unspecified atom stereocenters. The van der Waals surface area contributed by atoms with Crippen molar-refractivity contribution in [1.82, 2.24) is 4.98 Å². The molecule has 1 fully saturated rings. The van der Waals surface area contributed by atoms with Crippen LogP contribution in [-0.2, 0) is 11.2 Å². The molecule has 25 heavy (non-hydrogen) atoms. The summed E-state index contributed by atoms with van der Waals surface area (Å²) in [5.41, 5.74) is 2.77. The summed E-state index contributed by atoms with van der Waals surface area (Å²) in [4.78, 5) is 17.5. The van der Waals surface area contributed by atoms with E-state index in [0.717, 1.165) is 60.6 Å². The Labute approximate surface area is 149 Å². The first-order valence-corrected chi connectivity index (χ1v) is 9.21. The maximum atomic E-state index is 12.9. The van der Waals surface area contributed by atoms with E-state index in [9.17, 15) is 4.79 Å². The van der Waals surface area contributed by atoms with Crippen molar-refractivity contribution < 1.29 is 14.3 Å². The number of pyridine rings is 1. The van der Waals surface area contributed by atoms with E-state index in [-0.39, 0.29) is 11.7 Å².